The first kappa shape index (κ1) is 27.2. The Morgan fingerprint density at radius 1 is 0.824 bits per heavy atom. The van der Waals surface area contributed by atoms with Crippen molar-refractivity contribution < 1.29 is 19.1 Å². The van der Waals surface area contributed by atoms with Crippen molar-refractivity contribution in [1.29, 1.82) is 0 Å². The Kier molecular flexibility index (Phi) is 10.4. The molecule has 0 fully saturated rings. The largest absolute Gasteiger partial charge is 0.490 e. The number of nitrogens with zero attached hydrogens (tertiary/aromatic N) is 1. The first-order valence-corrected chi connectivity index (χ1v) is 12.0. The number of nitrogens with one attached hydrogen (secondary N) is 2. The molecule has 2 N–H and O–H groups in total. The maximum absolute atomic E-state index is 12.8. The van der Waals surface area contributed by atoms with E-state index >= 15 is 0 Å². The molecule has 0 bridgehead atoms. The van der Waals surface area contributed by atoms with E-state index in [2.05, 4.69) is 50.5 Å². The standard InChI is InChI=1S/C27H39N3O4/c1-8-33-23-14-13-20(15-24(23)34-9-2)28-25(31)16-30(7)17-26(32)29-27-21(18(3)4)11-10-12-22(27)19(5)6/h10-15,18-19H,8-9,16-17H2,1-7H3,(H,28,31)(H,29,32). The van der Waals surface area contributed by atoms with Crippen molar-refractivity contribution in [1.82, 2.24) is 4.90 Å². The summed E-state index contributed by atoms with van der Waals surface area (Å²) < 4.78 is 11.2. The number of benzene rings is 2. The number of hydrogen-bond acceptors (Lipinski definition) is 5. The highest BCUT2D eigenvalue weighted by Gasteiger charge is 2.18. The van der Waals surface area contributed by atoms with Crippen LogP contribution in [0.15, 0.2) is 36.4 Å². The van der Waals surface area contributed by atoms with Crippen LogP contribution in [0.3, 0.4) is 0 Å². The third kappa shape index (κ3) is 7.76. The van der Waals surface area contributed by atoms with Gasteiger partial charge in [-0.1, -0.05) is 45.9 Å². The number of para-hydroxylation sites is 1. The zero-order chi connectivity index (χ0) is 25.3. The summed E-state index contributed by atoms with van der Waals surface area (Å²) in [5, 5.41) is 5.96. The molecule has 186 valence electrons. The van der Waals surface area contributed by atoms with Crippen LogP contribution in [0.1, 0.15) is 64.5 Å². The van der Waals surface area contributed by atoms with Crippen LogP contribution in [0, 0.1) is 0 Å². The molecule has 0 heterocycles. The van der Waals surface area contributed by atoms with E-state index in [0.717, 1.165) is 16.8 Å². The topological polar surface area (TPSA) is 79.9 Å². The van der Waals surface area contributed by atoms with Crippen LogP contribution < -0.4 is 20.1 Å². The first-order valence-electron chi connectivity index (χ1n) is 12.0. The number of carbonyl (C=O) groups excluding carboxylic acids is 2. The van der Waals surface area contributed by atoms with Crippen LogP contribution >= 0.6 is 0 Å². The normalized spacial score (nSPS) is 11.1. The highest BCUT2D eigenvalue weighted by molar-refractivity contribution is 5.95. The van der Waals surface area contributed by atoms with E-state index in [1.54, 1.807) is 30.1 Å². The second-order valence-corrected chi connectivity index (χ2v) is 8.92. The number of amides is 2. The fourth-order valence-corrected chi connectivity index (χ4v) is 3.75. The van der Waals surface area contributed by atoms with Crippen LogP contribution in [0.25, 0.3) is 0 Å². The second-order valence-electron chi connectivity index (χ2n) is 8.92. The van der Waals surface area contributed by atoms with Gasteiger partial charge in [-0.05, 0) is 56.0 Å². The van der Waals surface area contributed by atoms with Gasteiger partial charge in [0.05, 0.1) is 26.3 Å². The fourth-order valence-electron chi connectivity index (χ4n) is 3.75. The van der Waals surface area contributed by atoms with Crippen molar-refractivity contribution in [3.05, 3.63) is 47.5 Å². The van der Waals surface area contributed by atoms with Gasteiger partial charge in [0.2, 0.25) is 11.8 Å². The highest BCUT2D eigenvalue weighted by atomic mass is 16.5. The number of rotatable bonds is 12. The van der Waals surface area contributed by atoms with E-state index in [4.69, 9.17) is 9.47 Å². The molecular formula is C27H39N3O4. The van der Waals surface area contributed by atoms with E-state index in [1.807, 2.05) is 19.9 Å². The zero-order valence-corrected chi connectivity index (χ0v) is 21.5. The van der Waals surface area contributed by atoms with E-state index in [-0.39, 0.29) is 36.7 Å². The molecule has 2 aromatic carbocycles. The Bertz CT molecular complexity index is 946. The third-order valence-corrected chi connectivity index (χ3v) is 5.29. The molecule has 0 aliphatic heterocycles. The minimum Gasteiger partial charge on any atom is -0.490 e. The maximum atomic E-state index is 12.8. The van der Waals surface area contributed by atoms with E-state index < -0.39 is 0 Å². The lowest BCUT2D eigenvalue weighted by molar-refractivity contribution is -0.119. The molecule has 0 atom stereocenters. The minimum atomic E-state index is -0.215. The Hall–Kier alpha value is -3.06. The molecule has 0 unspecified atom stereocenters. The molecule has 0 aliphatic rings. The highest BCUT2D eigenvalue weighted by Crippen LogP contribution is 2.32. The monoisotopic (exact) mass is 469 g/mol. The number of hydrogen-bond donors (Lipinski definition) is 2. The molecule has 34 heavy (non-hydrogen) atoms. The van der Waals surface area contributed by atoms with E-state index in [0.29, 0.717) is 30.4 Å². The number of carbonyl (C=O) groups is 2. The molecule has 0 spiro atoms. The molecule has 2 aromatic rings. The zero-order valence-electron chi connectivity index (χ0n) is 21.5. The first-order chi connectivity index (χ1) is 16.2. The van der Waals surface area contributed by atoms with Crippen molar-refractivity contribution in [3.8, 4) is 11.5 Å². The SMILES string of the molecule is CCOc1ccc(NC(=O)CN(C)CC(=O)Nc2c(C(C)C)cccc2C(C)C)cc1OCC. The molecule has 2 amide bonds. The van der Waals surface area contributed by atoms with Gasteiger partial charge in [0.15, 0.2) is 11.5 Å². The summed E-state index contributed by atoms with van der Waals surface area (Å²) in [6.45, 7) is 13.5. The van der Waals surface area contributed by atoms with Crippen molar-refractivity contribution in [3.63, 3.8) is 0 Å². The van der Waals surface area contributed by atoms with Crippen LogP contribution in [0.2, 0.25) is 0 Å². The van der Waals surface area contributed by atoms with Gasteiger partial charge in [-0.3, -0.25) is 14.5 Å². The quantitative estimate of drug-likeness (QED) is 0.444. The molecular weight excluding hydrogens is 430 g/mol. The average molecular weight is 470 g/mol. The maximum Gasteiger partial charge on any atom is 0.238 e. The number of anilines is 2. The molecule has 0 aromatic heterocycles. The predicted octanol–water partition coefficient (Wildman–Crippen LogP) is 5.24. The Morgan fingerprint density at radius 3 is 1.88 bits per heavy atom. The van der Waals surface area contributed by atoms with Crippen molar-refractivity contribution in [2.24, 2.45) is 0 Å². The van der Waals surface area contributed by atoms with Gasteiger partial charge >= 0.3 is 0 Å². The summed E-state index contributed by atoms with van der Waals surface area (Å²) in [6.07, 6.45) is 0. The molecule has 0 aliphatic carbocycles. The van der Waals surface area contributed by atoms with Gasteiger partial charge in [0.1, 0.15) is 0 Å². The van der Waals surface area contributed by atoms with Crippen LogP contribution in [-0.4, -0.2) is 50.1 Å². The van der Waals surface area contributed by atoms with E-state index in [9.17, 15) is 9.59 Å². The molecule has 0 radical (unpaired) electrons. The van der Waals surface area contributed by atoms with Gasteiger partial charge in [0.25, 0.3) is 0 Å². The van der Waals surface area contributed by atoms with Gasteiger partial charge in [-0.25, -0.2) is 0 Å². The minimum absolute atomic E-state index is 0.0768. The van der Waals surface area contributed by atoms with Crippen molar-refractivity contribution in [2.45, 2.75) is 53.4 Å². The fraction of sp³-hybridized carbons (Fsp3) is 0.481. The Morgan fingerprint density at radius 2 is 1.35 bits per heavy atom. The van der Waals surface area contributed by atoms with Crippen LogP contribution in [-0.2, 0) is 9.59 Å². The van der Waals surface area contributed by atoms with Crippen molar-refractivity contribution in [2.75, 3.05) is 44.0 Å². The average Bonchev–Trinajstić information content (AvgIpc) is 2.75. The van der Waals surface area contributed by atoms with Crippen molar-refractivity contribution >= 4 is 23.2 Å². The lowest BCUT2D eigenvalue weighted by Crippen LogP contribution is -2.36. The third-order valence-electron chi connectivity index (χ3n) is 5.29. The summed E-state index contributed by atoms with van der Waals surface area (Å²) in [5.74, 6) is 1.43. The molecule has 0 saturated heterocycles. The summed E-state index contributed by atoms with van der Waals surface area (Å²) in [5.41, 5.74) is 3.72. The predicted molar refractivity (Wildman–Crippen MR) is 138 cm³/mol. The number of likely N-dealkylation sites (N-methyl/N-ethyl adjacent to an activating group) is 1. The van der Waals surface area contributed by atoms with Gasteiger partial charge < -0.3 is 20.1 Å². The smallest absolute Gasteiger partial charge is 0.238 e. The summed E-state index contributed by atoms with van der Waals surface area (Å²) in [7, 11) is 1.75. The summed E-state index contributed by atoms with van der Waals surface area (Å²) in [4.78, 5) is 27.1. The molecule has 2 rings (SSSR count). The van der Waals surface area contributed by atoms with Gasteiger partial charge in [-0.15, -0.1) is 0 Å². The molecule has 0 saturated carbocycles. The Labute approximate surface area is 203 Å². The second kappa shape index (κ2) is 13.0. The molecule has 7 nitrogen and oxygen atoms in total. The lowest BCUT2D eigenvalue weighted by atomic mass is 9.92. The Balaban J connectivity index is 2.00. The molecule has 7 heteroatoms. The van der Waals surface area contributed by atoms with Gasteiger partial charge in [-0.2, -0.15) is 0 Å². The van der Waals surface area contributed by atoms with Crippen LogP contribution in [0.4, 0.5) is 11.4 Å². The summed E-state index contributed by atoms with van der Waals surface area (Å²) >= 11 is 0. The van der Waals surface area contributed by atoms with E-state index in [1.165, 1.54) is 0 Å². The summed E-state index contributed by atoms with van der Waals surface area (Å²) in [6, 6.07) is 11.4. The lowest BCUT2D eigenvalue weighted by Gasteiger charge is -2.22. The number of ether oxygens (including phenoxy) is 2. The van der Waals surface area contributed by atoms with Crippen LogP contribution in [0.5, 0.6) is 11.5 Å². The van der Waals surface area contributed by atoms with Gasteiger partial charge in [0, 0.05) is 17.4 Å².